The number of pyridine rings is 1. The van der Waals surface area contributed by atoms with Crippen molar-refractivity contribution in [3.8, 4) is 0 Å². The van der Waals surface area contributed by atoms with Gasteiger partial charge in [0.25, 0.3) is 5.91 Å². The quantitative estimate of drug-likeness (QED) is 0.854. The average Bonchev–Trinajstić information content (AvgIpc) is 2.68. The van der Waals surface area contributed by atoms with Gasteiger partial charge in [-0.1, -0.05) is 13.0 Å². The van der Waals surface area contributed by atoms with E-state index < -0.39 is 5.97 Å². The second kappa shape index (κ2) is 7.99. The van der Waals surface area contributed by atoms with Crippen molar-refractivity contribution in [2.75, 3.05) is 30.4 Å². The molecular formula is C20H23N3O3. The van der Waals surface area contributed by atoms with Gasteiger partial charge in [-0.25, -0.2) is 4.79 Å². The number of carbonyl (C=O) groups excluding carboxylic acids is 2. The van der Waals surface area contributed by atoms with Gasteiger partial charge in [0.2, 0.25) is 0 Å². The van der Waals surface area contributed by atoms with Crippen LogP contribution in [0.15, 0.2) is 42.6 Å². The van der Waals surface area contributed by atoms with Crippen molar-refractivity contribution >= 4 is 23.3 Å². The number of aromatic nitrogens is 1. The van der Waals surface area contributed by atoms with Gasteiger partial charge in [0, 0.05) is 30.7 Å². The molecule has 0 aliphatic carbocycles. The van der Waals surface area contributed by atoms with Crippen molar-refractivity contribution in [2.24, 2.45) is 5.92 Å². The zero-order chi connectivity index (χ0) is 18.5. The van der Waals surface area contributed by atoms with Gasteiger partial charge in [0.15, 0.2) is 0 Å². The molecule has 26 heavy (non-hydrogen) atoms. The van der Waals surface area contributed by atoms with E-state index in [1.165, 1.54) is 7.11 Å². The Hall–Kier alpha value is -2.89. The number of nitrogens with zero attached hydrogens (tertiary/aromatic N) is 2. The first-order chi connectivity index (χ1) is 12.6. The minimum atomic E-state index is -0.444. The number of methoxy groups -OCH3 is 1. The molecular weight excluding hydrogens is 330 g/mol. The molecule has 6 nitrogen and oxygen atoms in total. The highest BCUT2D eigenvalue weighted by Gasteiger charge is 2.18. The van der Waals surface area contributed by atoms with Gasteiger partial charge in [-0.15, -0.1) is 0 Å². The number of rotatable bonds is 4. The molecule has 2 heterocycles. The van der Waals surface area contributed by atoms with Crippen LogP contribution in [-0.4, -0.2) is 37.1 Å². The zero-order valence-corrected chi connectivity index (χ0v) is 15.1. The molecule has 1 aliphatic rings. The van der Waals surface area contributed by atoms with Crippen molar-refractivity contribution in [3.05, 3.63) is 53.9 Å². The van der Waals surface area contributed by atoms with Crippen molar-refractivity contribution in [1.82, 2.24) is 4.98 Å². The molecule has 136 valence electrons. The lowest BCUT2D eigenvalue weighted by atomic mass is 9.99. The number of hydrogen-bond acceptors (Lipinski definition) is 5. The molecule has 1 saturated heterocycles. The lowest BCUT2D eigenvalue weighted by Crippen LogP contribution is -2.33. The number of anilines is 2. The number of ether oxygens (including phenoxy) is 1. The maximum Gasteiger partial charge on any atom is 0.337 e. The SMILES string of the molecule is COC(=O)c1cccc(NC(=O)c2cc(N3CCC(C)CC3)ccn2)c1. The topological polar surface area (TPSA) is 71.5 Å². The highest BCUT2D eigenvalue weighted by atomic mass is 16.5. The normalized spacial score (nSPS) is 14.8. The standard InChI is InChI=1S/C20H23N3O3/c1-14-7-10-23(11-8-14)17-6-9-21-18(13-17)19(24)22-16-5-3-4-15(12-16)20(25)26-2/h3-6,9,12-14H,7-8,10-11H2,1-2H3,(H,22,24). The van der Waals surface area contributed by atoms with Gasteiger partial charge in [-0.2, -0.15) is 0 Å². The third kappa shape index (κ3) is 4.20. The summed E-state index contributed by atoms with van der Waals surface area (Å²) in [6.07, 6.45) is 3.97. The molecule has 1 amide bonds. The smallest absolute Gasteiger partial charge is 0.337 e. The second-order valence-electron chi connectivity index (χ2n) is 6.60. The Labute approximate surface area is 153 Å². The maximum absolute atomic E-state index is 12.5. The lowest BCUT2D eigenvalue weighted by Gasteiger charge is -2.32. The van der Waals surface area contributed by atoms with Crippen LogP contribution in [0.3, 0.4) is 0 Å². The minimum Gasteiger partial charge on any atom is -0.465 e. The fraction of sp³-hybridized carbons (Fsp3) is 0.350. The molecule has 1 fully saturated rings. The summed E-state index contributed by atoms with van der Waals surface area (Å²) in [7, 11) is 1.32. The molecule has 0 saturated carbocycles. The Bertz CT molecular complexity index is 798. The Balaban J connectivity index is 1.72. The summed E-state index contributed by atoms with van der Waals surface area (Å²) in [5, 5.41) is 2.79. The Morgan fingerprint density at radius 3 is 2.69 bits per heavy atom. The van der Waals surface area contributed by atoms with E-state index in [0.717, 1.165) is 37.5 Å². The van der Waals surface area contributed by atoms with Gasteiger partial charge in [-0.05, 0) is 49.1 Å². The molecule has 1 aromatic carbocycles. The van der Waals surface area contributed by atoms with Crippen LogP contribution in [0.5, 0.6) is 0 Å². The third-order valence-electron chi connectivity index (χ3n) is 4.67. The summed E-state index contributed by atoms with van der Waals surface area (Å²) in [4.78, 5) is 30.6. The fourth-order valence-electron chi connectivity index (χ4n) is 3.04. The molecule has 6 heteroatoms. The van der Waals surface area contributed by atoms with Crippen LogP contribution in [0.25, 0.3) is 0 Å². The van der Waals surface area contributed by atoms with E-state index in [2.05, 4.69) is 22.1 Å². The maximum atomic E-state index is 12.5. The Morgan fingerprint density at radius 2 is 1.96 bits per heavy atom. The first-order valence-electron chi connectivity index (χ1n) is 8.77. The molecule has 3 rings (SSSR count). The highest BCUT2D eigenvalue weighted by molar-refractivity contribution is 6.04. The van der Waals surface area contributed by atoms with Gasteiger partial charge in [-0.3, -0.25) is 9.78 Å². The Morgan fingerprint density at radius 1 is 1.19 bits per heavy atom. The summed E-state index contributed by atoms with van der Waals surface area (Å²) in [5.74, 6) is -0.00210. The first kappa shape index (κ1) is 17.9. The highest BCUT2D eigenvalue weighted by Crippen LogP contribution is 2.23. The van der Waals surface area contributed by atoms with E-state index in [9.17, 15) is 9.59 Å². The number of piperidine rings is 1. The number of hydrogen-bond donors (Lipinski definition) is 1. The summed E-state index contributed by atoms with van der Waals surface area (Å²) in [6, 6.07) is 10.4. The van der Waals surface area contributed by atoms with E-state index in [4.69, 9.17) is 4.74 Å². The number of carbonyl (C=O) groups is 2. The molecule has 1 N–H and O–H groups in total. The number of amides is 1. The largest absolute Gasteiger partial charge is 0.465 e. The van der Waals surface area contributed by atoms with Gasteiger partial charge in [0.05, 0.1) is 12.7 Å². The van der Waals surface area contributed by atoms with Crippen LogP contribution in [0, 0.1) is 5.92 Å². The summed E-state index contributed by atoms with van der Waals surface area (Å²) >= 11 is 0. The van der Waals surface area contributed by atoms with Crippen molar-refractivity contribution in [2.45, 2.75) is 19.8 Å². The van der Waals surface area contributed by atoms with Gasteiger partial charge >= 0.3 is 5.97 Å². The molecule has 1 aromatic heterocycles. The Kier molecular flexibility index (Phi) is 5.51. The van der Waals surface area contributed by atoms with E-state index in [-0.39, 0.29) is 5.91 Å². The molecule has 0 atom stereocenters. The number of nitrogens with one attached hydrogen (secondary N) is 1. The molecule has 1 aliphatic heterocycles. The predicted octanol–water partition coefficient (Wildman–Crippen LogP) is 3.36. The van der Waals surface area contributed by atoms with Crippen LogP contribution < -0.4 is 10.2 Å². The fourth-order valence-corrected chi connectivity index (χ4v) is 3.04. The van der Waals surface area contributed by atoms with Crippen LogP contribution in [0.1, 0.15) is 40.6 Å². The van der Waals surface area contributed by atoms with Crippen LogP contribution in [0.4, 0.5) is 11.4 Å². The second-order valence-corrected chi connectivity index (χ2v) is 6.60. The summed E-state index contributed by atoms with van der Waals surface area (Å²) < 4.78 is 4.70. The van der Waals surface area contributed by atoms with Crippen LogP contribution >= 0.6 is 0 Å². The van der Waals surface area contributed by atoms with Crippen molar-refractivity contribution < 1.29 is 14.3 Å². The number of benzene rings is 1. The van der Waals surface area contributed by atoms with Crippen molar-refractivity contribution in [3.63, 3.8) is 0 Å². The van der Waals surface area contributed by atoms with Crippen LogP contribution in [0.2, 0.25) is 0 Å². The minimum absolute atomic E-state index is 0.306. The van der Waals surface area contributed by atoms with Gasteiger partial charge in [0.1, 0.15) is 5.69 Å². The van der Waals surface area contributed by atoms with Crippen LogP contribution in [-0.2, 0) is 4.74 Å². The predicted molar refractivity (Wildman–Crippen MR) is 101 cm³/mol. The van der Waals surface area contributed by atoms with E-state index in [1.54, 1.807) is 30.5 Å². The van der Waals surface area contributed by atoms with Crippen molar-refractivity contribution in [1.29, 1.82) is 0 Å². The molecule has 0 unspecified atom stereocenters. The third-order valence-corrected chi connectivity index (χ3v) is 4.67. The number of esters is 1. The van der Waals surface area contributed by atoms with Gasteiger partial charge < -0.3 is 15.0 Å². The first-order valence-corrected chi connectivity index (χ1v) is 8.77. The molecule has 2 aromatic rings. The average molecular weight is 353 g/mol. The summed E-state index contributed by atoms with van der Waals surface area (Å²) in [5.41, 5.74) is 2.27. The molecule has 0 spiro atoms. The lowest BCUT2D eigenvalue weighted by molar-refractivity contribution is 0.0600. The molecule has 0 radical (unpaired) electrons. The van der Waals surface area contributed by atoms with E-state index in [1.807, 2.05) is 12.1 Å². The summed E-state index contributed by atoms with van der Waals surface area (Å²) in [6.45, 7) is 4.26. The monoisotopic (exact) mass is 353 g/mol. The molecule has 0 bridgehead atoms. The van der Waals surface area contributed by atoms with E-state index in [0.29, 0.717) is 16.9 Å². The zero-order valence-electron chi connectivity index (χ0n) is 15.1. The van der Waals surface area contributed by atoms with E-state index >= 15 is 0 Å².